The maximum absolute atomic E-state index is 11.8. The third kappa shape index (κ3) is 3.60. The molecule has 2 aromatic rings. The second-order valence-electron chi connectivity index (χ2n) is 5.67. The van der Waals surface area contributed by atoms with Crippen molar-refractivity contribution in [1.82, 2.24) is 15.6 Å². The van der Waals surface area contributed by atoms with Crippen molar-refractivity contribution in [3.8, 4) is 0 Å². The molecule has 21 heavy (non-hydrogen) atoms. The van der Waals surface area contributed by atoms with Gasteiger partial charge in [-0.2, -0.15) is 0 Å². The number of rotatable bonds is 5. The number of nitrogens with zero attached hydrogens (tertiary/aromatic N) is 1. The Morgan fingerprint density at radius 1 is 1.33 bits per heavy atom. The molecule has 0 saturated carbocycles. The van der Waals surface area contributed by atoms with Crippen molar-refractivity contribution in [2.45, 2.75) is 20.4 Å². The number of carbonyl (C=O) groups is 1. The predicted octanol–water partition coefficient (Wildman–Crippen LogP) is 2.86. The van der Waals surface area contributed by atoms with E-state index in [-0.39, 0.29) is 5.91 Å². The van der Waals surface area contributed by atoms with Crippen molar-refractivity contribution < 1.29 is 4.79 Å². The summed E-state index contributed by atoms with van der Waals surface area (Å²) in [5.74, 6) is 0.0359. The van der Waals surface area contributed by atoms with Crippen LogP contribution in [0.2, 0.25) is 0 Å². The van der Waals surface area contributed by atoms with Crippen LogP contribution in [0.1, 0.15) is 19.4 Å². The van der Waals surface area contributed by atoms with Gasteiger partial charge in [-0.25, -0.2) is 0 Å². The van der Waals surface area contributed by atoms with Crippen LogP contribution < -0.4 is 10.6 Å². The lowest BCUT2D eigenvalue weighted by molar-refractivity contribution is -0.128. The van der Waals surface area contributed by atoms with Gasteiger partial charge in [-0.1, -0.05) is 28.1 Å². The van der Waals surface area contributed by atoms with Crippen LogP contribution in [0.3, 0.4) is 0 Å². The summed E-state index contributed by atoms with van der Waals surface area (Å²) in [5, 5.41) is 7.15. The van der Waals surface area contributed by atoms with Crippen LogP contribution in [-0.2, 0) is 11.3 Å². The molecule has 0 unspecified atom stereocenters. The monoisotopic (exact) mass is 349 g/mol. The fourth-order valence-electron chi connectivity index (χ4n) is 2.27. The Balaban J connectivity index is 2.11. The highest BCUT2D eigenvalue weighted by Crippen LogP contribution is 2.25. The average Bonchev–Trinajstić information content (AvgIpc) is 2.49. The summed E-state index contributed by atoms with van der Waals surface area (Å²) < 4.78 is 1.04. The molecule has 0 aliphatic carbocycles. The largest absolute Gasteiger partial charge is 0.359 e. The molecule has 1 heterocycles. The number of fused-ring (bicyclic) bond motifs is 1. The number of aromatic nitrogens is 1. The van der Waals surface area contributed by atoms with Crippen molar-refractivity contribution >= 4 is 32.7 Å². The lowest BCUT2D eigenvalue weighted by Gasteiger charge is -2.23. The number of benzene rings is 1. The summed E-state index contributed by atoms with van der Waals surface area (Å²) >= 11 is 3.55. The van der Waals surface area contributed by atoms with Crippen LogP contribution in [0.4, 0.5) is 0 Å². The summed E-state index contributed by atoms with van der Waals surface area (Å²) in [5.41, 5.74) is 1.67. The van der Waals surface area contributed by atoms with Gasteiger partial charge in [0.1, 0.15) is 0 Å². The number of hydrogen-bond donors (Lipinski definition) is 2. The van der Waals surface area contributed by atoms with E-state index in [1.807, 2.05) is 32.0 Å². The molecule has 0 bridgehead atoms. The second-order valence-corrected chi connectivity index (χ2v) is 6.53. The normalized spacial score (nSPS) is 11.6. The number of nitrogens with one attached hydrogen (secondary N) is 2. The third-order valence-electron chi connectivity index (χ3n) is 3.52. The SMILES string of the molecule is CNC(=O)C(C)(C)CNCc1ccc(Br)c2cccnc12. The maximum Gasteiger partial charge on any atom is 0.226 e. The highest BCUT2D eigenvalue weighted by molar-refractivity contribution is 9.10. The Labute approximate surface area is 133 Å². The van der Waals surface area contributed by atoms with Crippen LogP contribution in [0.15, 0.2) is 34.9 Å². The van der Waals surface area contributed by atoms with E-state index in [4.69, 9.17) is 0 Å². The van der Waals surface area contributed by atoms with Crippen molar-refractivity contribution in [2.24, 2.45) is 5.41 Å². The molecule has 4 nitrogen and oxygen atoms in total. The predicted molar refractivity (Wildman–Crippen MR) is 89.0 cm³/mol. The summed E-state index contributed by atoms with van der Waals surface area (Å²) in [7, 11) is 1.66. The van der Waals surface area contributed by atoms with Crippen LogP contribution >= 0.6 is 15.9 Å². The van der Waals surface area contributed by atoms with E-state index in [9.17, 15) is 4.79 Å². The molecule has 2 rings (SSSR count). The fourth-order valence-corrected chi connectivity index (χ4v) is 2.72. The van der Waals surface area contributed by atoms with Crippen molar-refractivity contribution in [3.05, 3.63) is 40.5 Å². The lowest BCUT2D eigenvalue weighted by Crippen LogP contribution is -2.41. The molecule has 0 radical (unpaired) electrons. The van der Waals surface area contributed by atoms with E-state index >= 15 is 0 Å². The third-order valence-corrected chi connectivity index (χ3v) is 4.22. The number of carbonyl (C=O) groups excluding carboxylic acids is 1. The molecule has 1 aromatic heterocycles. The highest BCUT2D eigenvalue weighted by Gasteiger charge is 2.25. The molecule has 112 valence electrons. The Bertz CT molecular complexity index is 655. The van der Waals surface area contributed by atoms with Gasteiger partial charge in [-0.3, -0.25) is 9.78 Å². The van der Waals surface area contributed by atoms with Gasteiger partial charge in [0.2, 0.25) is 5.91 Å². The maximum atomic E-state index is 11.8. The first kappa shape index (κ1) is 15.9. The summed E-state index contributed by atoms with van der Waals surface area (Å²) in [6.07, 6.45) is 1.80. The Kier molecular flexibility index (Phi) is 4.96. The van der Waals surface area contributed by atoms with Crippen molar-refractivity contribution in [2.75, 3.05) is 13.6 Å². The minimum Gasteiger partial charge on any atom is -0.359 e. The van der Waals surface area contributed by atoms with Gasteiger partial charge >= 0.3 is 0 Å². The first-order valence-electron chi connectivity index (χ1n) is 6.91. The Morgan fingerprint density at radius 2 is 2.10 bits per heavy atom. The minimum atomic E-state index is -0.437. The molecule has 2 N–H and O–H groups in total. The number of amides is 1. The zero-order valence-corrected chi connectivity index (χ0v) is 14.1. The Hall–Kier alpha value is -1.46. The average molecular weight is 350 g/mol. The van der Waals surface area contributed by atoms with Crippen molar-refractivity contribution in [3.63, 3.8) is 0 Å². The molecule has 0 spiro atoms. The molecule has 1 aromatic carbocycles. The van der Waals surface area contributed by atoms with Crippen LogP contribution in [0, 0.1) is 5.41 Å². The van der Waals surface area contributed by atoms with Gasteiger partial charge < -0.3 is 10.6 Å². The lowest BCUT2D eigenvalue weighted by atomic mass is 9.92. The van der Waals surface area contributed by atoms with E-state index in [2.05, 4.69) is 37.6 Å². The van der Waals surface area contributed by atoms with Gasteiger partial charge in [-0.15, -0.1) is 0 Å². The molecule has 0 saturated heterocycles. The smallest absolute Gasteiger partial charge is 0.226 e. The van der Waals surface area contributed by atoms with Gasteiger partial charge in [-0.05, 0) is 31.5 Å². The molecule has 0 aliphatic rings. The van der Waals surface area contributed by atoms with Crippen LogP contribution in [-0.4, -0.2) is 24.5 Å². The van der Waals surface area contributed by atoms with E-state index in [1.54, 1.807) is 13.2 Å². The van der Waals surface area contributed by atoms with Gasteiger partial charge in [0, 0.05) is 36.2 Å². The van der Waals surface area contributed by atoms with Crippen molar-refractivity contribution in [1.29, 1.82) is 0 Å². The number of halogens is 1. The van der Waals surface area contributed by atoms with E-state index in [1.165, 1.54) is 0 Å². The minimum absolute atomic E-state index is 0.0359. The molecule has 0 aliphatic heterocycles. The van der Waals surface area contributed by atoms with E-state index < -0.39 is 5.41 Å². The van der Waals surface area contributed by atoms with E-state index in [0.29, 0.717) is 13.1 Å². The molecule has 0 atom stereocenters. The Morgan fingerprint density at radius 3 is 2.81 bits per heavy atom. The summed E-state index contributed by atoms with van der Waals surface area (Å²) in [4.78, 5) is 16.2. The summed E-state index contributed by atoms with van der Waals surface area (Å²) in [6.45, 7) is 5.14. The number of hydrogen-bond acceptors (Lipinski definition) is 3. The van der Waals surface area contributed by atoms with Crippen LogP contribution in [0.5, 0.6) is 0 Å². The topological polar surface area (TPSA) is 54.0 Å². The van der Waals surface area contributed by atoms with Gasteiger partial charge in [0.25, 0.3) is 0 Å². The van der Waals surface area contributed by atoms with Gasteiger partial charge in [0.05, 0.1) is 10.9 Å². The molecular formula is C16H20BrN3O. The first-order valence-corrected chi connectivity index (χ1v) is 7.70. The molecule has 5 heteroatoms. The van der Waals surface area contributed by atoms with Gasteiger partial charge in [0.15, 0.2) is 0 Å². The molecule has 0 fully saturated rings. The molecular weight excluding hydrogens is 330 g/mol. The highest BCUT2D eigenvalue weighted by atomic mass is 79.9. The zero-order valence-electron chi connectivity index (χ0n) is 12.5. The van der Waals surface area contributed by atoms with E-state index in [0.717, 1.165) is 20.9 Å². The number of pyridine rings is 1. The summed E-state index contributed by atoms with van der Waals surface area (Å²) in [6, 6.07) is 8.06. The van der Waals surface area contributed by atoms with Crippen LogP contribution in [0.25, 0.3) is 10.9 Å². The molecule has 1 amide bonds. The zero-order chi connectivity index (χ0) is 15.5. The fraction of sp³-hybridized carbons (Fsp3) is 0.375. The quantitative estimate of drug-likeness (QED) is 0.872. The second kappa shape index (κ2) is 6.54. The standard InChI is InChI=1S/C16H20BrN3O/c1-16(2,15(21)18-3)10-19-9-11-6-7-13(17)12-5-4-8-20-14(11)12/h4-8,19H,9-10H2,1-3H3,(H,18,21). The first-order chi connectivity index (χ1) is 9.95.